The second-order valence-electron chi connectivity index (χ2n) is 5.93. The lowest BCUT2D eigenvalue weighted by molar-refractivity contribution is -0.123. The molecule has 4 N–H and O–H groups in total. The topological polar surface area (TPSA) is 80.9 Å². The number of benzene rings is 1. The van der Waals surface area contributed by atoms with Gasteiger partial charge >= 0.3 is 0 Å². The molecule has 1 aromatic rings. The van der Waals surface area contributed by atoms with Gasteiger partial charge < -0.3 is 20.4 Å². The minimum absolute atomic E-state index is 0.00664. The molecule has 1 aliphatic carbocycles. The number of aromatic hydroxyl groups is 1. The van der Waals surface area contributed by atoms with E-state index in [-0.39, 0.29) is 12.4 Å². The molecule has 1 aliphatic rings. The Morgan fingerprint density at radius 3 is 2.21 bits per heavy atom. The Bertz CT molecular complexity index is 530. The molecule has 4 nitrogen and oxygen atoms in total. The van der Waals surface area contributed by atoms with Crippen LogP contribution in [0.15, 0.2) is 0 Å². The van der Waals surface area contributed by atoms with E-state index in [4.69, 9.17) is 5.11 Å². The largest absolute Gasteiger partial charge is 0.507 e. The number of phenols is 1. The summed E-state index contributed by atoms with van der Waals surface area (Å²) >= 11 is 0. The molecule has 0 fully saturated rings. The summed E-state index contributed by atoms with van der Waals surface area (Å²) in [5.74, 6) is 0.0341. The highest BCUT2D eigenvalue weighted by Crippen LogP contribution is 2.50. The summed E-state index contributed by atoms with van der Waals surface area (Å²) in [5.41, 5.74) is 0.949. The fourth-order valence-electron chi connectivity index (χ4n) is 3.14. The van der Waals surface area contributed by atoms with E-state index in [0.717, 1.165) is 16.7 Å². The molecule has 19 heavy (non-hydrogen) atoms. The summed E-state index contributed by atoms with van der Waals surface area (Å²) in [6, 6.07) is 0. The number of hydrogen-bond acceptors (Lipinski definition) is 4. The molecule has 2 atom stereocenters. The molecule has 0 radical (unpaired) electrons. The van der Waals surface area contributed by atoms with E-state index in [1.165, 1.54) is 6.92 Å². The predicted molar refractivity (Wildman–Crippen MR) is 72.3 cm³/mol. The van der Waals surface area contributed by atoms with Crippen LogP contribution >= 0.6 is 0 Å². The summed E-state index contributed by atoms with van der Waals surface area (Å²) in [5, 5.41) is 40.5. The number of aliphatic hydroxyl groups excluding tert-OH is 1. The number of rotatable bonds is 2. The third-order valence-electron chi connectivity index (χ3n) is 4.67. The van der Waals surface area contributed by atoms with Crippen LogP contribution in [0.5, 0.6) is 5.75 Å². The van der Waals surface area contributed by atoms with Crippen LogP contribution in [-0.4, -0.2) is 32.6 Å². The maximum absolute atomic E-state index is 10.6. The van der Waals surface area contributed by atoms with Crippen molar-refractivity contribution in [3.8, 4) is 5.75 Å². The van der Waals surface area contributed by atoms with E-state index in [9.17, 15) is 15.3 Å². The van der Waals surface area contributed by atoms with Crippen molar-refractivity contribution >= 4 is 0 Å². The maximum atomic E-state index is 10.6. The molecular formula is C15H22O4. The maximum Gasteiger partial charge on any atom is 0.125 e. The van der Waals surface area contributed by atoms with E-state index >= 15 is 0 Å². The summed E-state index contributed by atoms with van der Waals surface area (Å²) in [7, 11) is 0. The zero-order valence-corrected chi connectivity index (χ0v) is 11.9. The lowest BCUT2D eigenvalue weighted by Gasteiger charge is -2.32. The first-order chi connectivity index (χ1) is 8.65. The van der Waals surface area contributed by atoms with Crippen molar-refractivity contribution in [3.05, 3.63) is 27.8 Å². The number of hydrogen-bond donors (Lipinski definition) is 4. The first-order valence-corrected chi connectivity index (χ1v) is 6.55. The fraction of sp³-hybridized carbons (Fsp3) is 0.600. The van der Waals surface area contributed by atoms with E-state index in [1.54, 1.807) is 13.8 Å². The van der Waals surface area contributed by atoms with Crippen LogP contribution in [0.4, 0.5) is 0 Å². The Kier molecular flexibility index (Phi) is 3.16. The van der Waals surface area contributed by atoms with Crippen LogP contribution in [0.25, 0.3) is 0 Å². The summed E-state index contributed by atoms with van der Waals surface area (Å²) in [6.07, 6.45) is 0.760. The number of fused-ring (bicyclic) bond motifs is 1. The molecule has 0 aliphatic heterocycles. The third-order valence-corrected chi connectivity index (χ3v) is 4.67. The minimum atomic E-state index is -1.47. The van der Waals surface area contributed by atoms with Crippen LogP contribution in [0.2, 0.25) is 0 Å². The Morgan fingerprint density at radius 1 is 1.11 bits per heavy atom. The van der Waals surface area contributed by atoms with Crippen LogP contribution in [-0.2, 0) is 18.4 Å². The van der Waals surface area contributed by atoms with Gasteiger partial charge in [-0.15, -0.1) is 0 Å². The predicted octanol–water partition coefficient (Wildman–Crippen LogP) is 1.06. The van der Waals surface area contributed by atoms with Crippen molar-refractivity contribution in [1.29, 1.82) is 0 Å². The minimum Gasteiger partial charge on any atom is -0.507 e. The van der Waals surface area contributed by atoms with Gasteiger partial charge in [0.05, 0.1) is 5.60 Å². The molecule has 0 saturated heterocycles. The van der Waals surface area contributed by atoms with Gasteiger partial charge in [-0.05, 0) is 56.4 Å². The van der Waals surface area contributed by atoms with Crippen LogP contribution in [0.1, 0.15) is 41.7 Å². The molecule has 0 bridgehead atoms. The van der Waals surface area contributed by atoms with Crippen molar-refractivity contribution in [3.63, 3.8) is 0 Å². The Balaban J connectivity index is 2.77. The van der Waals surface area contributed by atoms with Gasteiger partial charge in [-0.1, -0.05) is 0 Å². The van der Waals surface area contributed by atoms with Gasteiger partial charge in [0.1, 0.15) is 11.4 Å². The van der Waals surface area contributed by atoms with Gasteiger partial charge in [0, 0.05) is 18.6 Å². The lowest BCUT2D eigenvalue weighted by atomic mass is 9.84. The van der Waals surface area contributed by atoms with Crippen molar-refractivity contribution in [2.45, 2.75) is 51.7 Å². The number of phenolic OH excluding ortho intramolecular Hbond substituents is 1. The molecule has 0 spiro atoms. The molecule has 0 aromatic heterocycles. The van der Waals surface area contributed by atoms with Crippen molar-refractivity contribution in [1.82, 2.24) is 0 Å². The Morgan fingerprint density at radius 2 is 1.68 bits per heavy atom. The fourth-order valence-corrected chi connectivity index (χ4v) is 3.14. The Hall–Kier alpha value is -1.10. The molecule has 0 saturated carbocycles. The second-order valence-corrected chi connectivity index (χ2v) is 5.93. The average Bonchev–Trinajstić information content (AvgIpc) is 2.49. The second kappa shape index (κ2) is 4.20. The Labute approximate surface area is 113 Å². The zero-order chi connectivity index (χ0) is 14.6. The average molecular weight is 266 g/mol. The smallest absolute Gasteiger partial charge is 0.125 e. The summed E-state index contributed by atoms with van der Waals surface area (Å²) in [4.78, 5) is 0. The van der Waals surface area contributed by atoms with E-state index in [1.807, 2.05) is 6.92 Å². The van der Waals surface area contributed by atoms with Gasteiger partial charge in [0.25, 0.3) is 0 Å². The van der Waals surface area contributed by atoms with Crippen molar-refractivity contribution < 1.29 is 20.4 Å². The quantitative estimate of drug-likeness (QED) is 0.645. The zero-order valence-electron chi connectivity index (χ0n) is 11.9. The number of aliphatic hydroxyl groups is 3. The highest BCUT2D eigenvalue weighted by Gasteiger charge is 2.52. The molecule has 4 heteroatoms. The molecule has 106 valence electrons. The van der Waals surface area contributed by atoms with Crippen LogP contribution in [0.3, 0.4) is 0 Å². The first-order valence-electron chi connectivity index (χ1n) is 6.55. The van der Waals surface area contributed by atoms with Crippen molar-refractivity contribution in [2.75, 3.05) is 6.61 Å². The standard InChI is InChI=1S/C15H22O4/c1-8-10(5-6-16)9(2)13(17)12-11(8)7-14(3,18)15(12,4)19/h16-19H,5-7H2,1-4H3/t14-,15+/m1/s1. The van der Waals surface area contributed by atoms with Crippen LogP contribution < -0.4 is 0 Å². The van der Waals surface area contributed by atoms with Crippen molar-refractivity contribution in [2.24, 2.45) is 0 Å². The highest BCUT2D eigenvalue weighted by atomic mass is 16.4. The summed E-state index contributed by atoms with van der Waals surface area (Å²) in [6.45, 7) is 6.80. The molecule has 0 heterocycles. The van der Waals surface area contributed by atoms with Gasteiger partial charge in [-0.2, -0.15) is 0 Å². The van der Waals surface area contributed by atoms with Gasteiger partial charge in [0.15, 0.2) is 0 Å². The highest BCUT2D eigenvalue weighted by molar-refractivity contribution is 5.60. The lowest BCUT2D eigenvalue weighted by Crippen LogP contribution is -2.44. The third kappa shape index (κ3) is 1.78. The first kappa shape index (κ1) is 14.3. The monoisotopic (exact) mass is 266 g/mol. The van der Waals surface area contributed by atoms with E-state index < -0.39 is 11.2 Å². The normalized spacial score (nSPS) is 29.6. The molecule has 0 amide bonds. The molecule has 0 unspecified atom stereocenters. The van der Waals surface area contributed by atoms with E-state index in [0.29, 0.717) is 24.0 Å². The molecule has 1 aromatic carbocycles. The molecule has 2 rings (SSSR count). The van der Waals surface area contributed by atoms with E-state index in [2.05, 4.69) is 0 Å². The van der Waals surface area contributed by atoms with Gasteiger partial charge in [-0.25, -0.2) is 0 Å². The summed E-state index contributed by atoms with van der Waals surface area (Å²) < 4.78 is 0. The molecular weight excluding hydrogens is 244 g/mol. The van der Waals surface area contributed by atoms with Crippen LogP contribution in [0, 0.1) is 13.8 Å². The van der Waals surface area contributed by atoms with Gasteiger partial charge in [-0.3, -0.25) is 0 Å². The van der Waals surface area contributed by atoms with Gasteiger partial charge in [0.2, 0.25) is 0 Å². The SMILES string of the molecule is Cc1c(O)c2c(c(C)c1CCO)C[C@@](C)(O)[C@@]2(C)O.